The molecule has 0 atom stereocenters. The average Bonchev–Trinajstić information content (AvgIpc) is 2.12. The van der Waals surface area contributed by atoms with Gasteiger partial charge in [-0.15, -0.1) is 0 Å². The highest BCUT2D eigenvalue weighted by Gasteiger charge is 2.00. The van der Waals surface area contributed by atoms with Gasteiger partial charge in [0.2, 0.25) is 0 Å². The Hall–Kier alpha value is -1.13. The second-order valence-corrected chi connectivity index (χ2v) is 3.39. The first-order chi connectivity index (χ1) is 6.61. The van der Waals surface area contributed by atoms with Crippen molar-refractivity contribution >= 4 is 29.0 Å². The van der Waals surface area contributed by atoms with Gasteiger partial charge in [-0.1, -0.05) is 23.2 Å². The summed E-state index contributed by atoms with van der Waals surface area (Å²) < 4.78 is 5.22. The van der Waals surface area contributed by atoms with Crippen LogP contribution < -0.4 is 16.3 Å². The molecule has 0 heterocycles. The average molecular weight is 234 g/mol. The van der Waals surface area contributed by atoms with Crippen LogP contribution in [0.25, 0.3) is 0 Å². The number of benzene rings is 1. The Balaban J connectivity index is 2.67. The third-order valence-electron chi connectivity index (χ3n) is 1.39. The summed E-state index contributed by atoms with van der Waals surface area (Å²) in [5.41, 5.74) is 5.33. The molecule has 1 aromatic rings. The van der Waals surface area contributed by atoms with Crippen LogP contribution in [0.5, 0.6) is 5.75 Å². The zero-order chi connectivity index (χ0) is 10.6. The van der Waals surface area contributed by atoms with E-state index in [0.29, 0.717) is 15.8 Å². The van der Waals surface area contributed by atoms with E-state index in [9.17, 15) is 0 Å². The fourth-order valence-corrected chi connectivity index (χ4v) is 1.31. The van der Waals surface area contributed by atoms with Gasteiger partial charge in [-0.05, 0) is 18.2 Å². The molecule has 4 nitrogen and oxygen atoms in total. The fourth-order valence-electron chi connectivity index (χ4n) is 0.806. The maximum absolute atomic E-state index is 5.75. The molecule has 0 amide bonds. The molecule has 4 N–H and O–H groups in total. The molecule has 0 saturated carbocycles. The lowest BCUT2D eigenvalue weighted by molar-refractivity contribution is 0.375. The number of rotatable bonds is 3. The molecule has 76 valence electrons. The van der Waals surface area contributed by atoms with Crippen molar-refractivity contribution in [2.24, 2.45) is 16.7 Å². The molecule has 0 fully saturated rings. The Morgan fingerprint density at radius 1 is 1.29 bits per heavy atom. The molecule has 14 heavy (non-hydrogen) atoms. The summed E-state index contributed by atoms with van der Waals surface area (Å²) in [4.78, 5) is 0. The van der Waals surface area contributed by atoms with Gasteiger partial charge < -0.3 is 16.3 Å². The Morgan fingerprint density at radius 2 is 1.86 bits per heavy atom. The summed E-state index contributed by atoms with van der Waals surface area (Å²) in [6.07, 6.45) is 0. The number of ether oxygens (including phenoxy) is 1. The highest BCUT2D eigenvalue weighted by molar-refractivity contribution is 6.34. The summed E-state index contributed by atoms with van der Waals surface area (Å²) in [6.45, 7) is 0.104. The number of nitrogens with zero attached hydrogens (tertiary/aromatic N) is 1. The van der Waals surface area contributed by atoms with Crippen LogP contribution in [0.1, 0.15) is 0 Å². The smallest absolute Gasteiger partial charge is 0.157 e. The highest BCUT2D eigenvalue weighted by atomic mass is 35.5. The van der Waals surface area contributed by atoms with E-state index >= 15 is 0 Å². The minimum absolute atomic E-state index is 0.104. The Bertz CT molecular complexity index is 334. The third kappa shape index (κ3) is 3.32. The Labute approximate surface area is 91.4 Å². The van der Waals surface area contributed by atoms with E-state index in [2.05, 4.69) is 5.10 Å². The van der Waals surface area contributed by atoms with Crippen LogP contribution in [0.3, 0.4) is 0 Å². The van der Waals surface area contributed by atoms with Gasteiger partial charge in [0.15, 0.2) is 5.84 Å². The lowest BCUT2D eigenvalue weighted by Gasteiger charge is -2.05. The molecule has 0 aliphatic carbocycles. The predicted octanol–water partition coefficient (Wildman–Crippen LogP) is 1.60. The van der Waals surface area contributed by atoms with E-state index in [1.165, 1.54) is 0 Å². The predicted molar refractivity (Wildman–Crippen MR) is 57.8 cm³/mol. The summed E-state index contributed by atoms with van der Waals surface area (Å²) >= 11 is 11.5. The molecule has 0 radical (unpaired) electrons. The van der Waals surface area contributed by atoms with E-state index in [1.807, 2.05) is 0 Å². The lowest BCUT2D eigenvalue weighted by Crippen LogP contribution is -2.22. The minimum Gasteiger partial charge on any atom is -0.486 e. The van der Waals surface area contributed by atoms with Crippen molar-refractivity contribution in [1.82, 2.24) is 0 Å². The van der Waals surface area contributed by atoms with Crippen molar-refractivity contribution in [2.75, 3.05) is 6.61 Å². The zero-order valence-electron chi connectivity index (χ0n) is 7.21. The normalized spacial score (nSPS) is 11.4. The van der Waals surface area contributed by atoms with Crippen LogP contribution in [-0.2, 0) is 0 Å². The molecule has 1 aromatic carbocycles. The van der Waals surface area contributed by atoms with Crippen LogP contribution in [0, 0.1) is 0 Å². The standard InChI is InChI=1S/C8H9Cl2N3O/c9-5-1-6(10)3-7(2-5)14-4-8(11)13-12/h1-3H,4,12H2,(H2,11,13). The molecule has 0 aliphatic rings. The van der Waals surface area contributed by atoms with Crippen LogP contribution >= 0.6 is 23.2 Å². The van der Waals surface area contributed by atoms with Gasteiger partial charge in [0.05, 0.1) is 0 Å². The molecule has 0 saturated heterocycles. The number of hydrogen-bond donors (Lipinski definition) is 2. The number of amidine groups is 1. The minimum atomic E-state index is 0.104. The van der Waals surface area contributed by atoms with Crippen molar-refractivity contribution in [2.45, 2.75) is 0 Å². The second-order valence-electron chi connectivity index (χ2n) is 2.51. The quantitative estimate of drug-likeness (QED) is 0.361. The van der Waals surface area contributed by atoms with E-state index < -0.39 is 0 Å². The van der Waals surface area contributed by atoms with Gasteiger partial charge in [-0.25, -0.2) is 0 Å². The van der Waals surface area contributed by atoms with E-state index in [0.717, 1.165) is 0 Å². The molecule has 0 spiro atoms. The van der Waals surface area contributed by atoms with Crippen molar-refractivity contribution in [1.29, 1.82) is 0 Å². The second kappa shape index (κ2) is 4.93. The van der Waals surface area contributed by atoms with Crippen molar-refractivity contribution in [3.63, 3.8) is 0 Å². The van der Waals surface area contributed by atoms with Gasteiger partial charge >= 0.3 is 0 Å². The first-order valence-electron chi connectivity index (χ1n) is 3.73. The van der Waals surface area contributed by atoms with E-state index in [-0.39, 0.29) is 12.4 Å². The van der Waals surface area contributed by atoms with Crippen molar-refractivity contribution in [3.05, 3.63) is 28.2 Å². The van der Waals surface area contributed by atoms with Crippen LogP contribution in [0.2, 0.25) is 10.0 Å². The van der Waals surface area contributed by atoms with Crippen LogP contribution in [0.4, 0.5) is 0 Å². The Kier molecular flexibility index (Phi) is 3.85. The maximum atomic E-state index is 5.75. The molecular formula is C8H9Cl2N3O. The summed E-state index contributed by atoms with van der Waals surface area (Å²) in [5, 5.41) is 4.24. The molecule has 0 aliphatic heterocycles. The number of hydrogen-bond acceptors (Lipinski definition) is 3. The molecular weight excluding hydrogens is 225 g/mol. The van der Waals surface area contributed by atoms with Crippen LogP contribution in [0.15, 0.2) is 23.3 Å². The summed E-state index contributed by atoms with van der Waals surface area (Å²) in [7, 11) is 0. The SMILES string of the molecule is N/N=C(\N)COc1cc(Cl)cc(Cl)c1. The topological polar surface area (TPSA) is 73.6 Å². The highest BCUT2D eigenvalue weighted by Crippen LogP contribution is 2.23. The van der Waals surface area contributed by atoms with Gasteiger partial charge in [0.1, 0.15) is 12.4 Å². The fraction of sp³-hybridized carbons (Fsp3) is 0.125. The number of hydrazone groups is 1. The lowest BCUT2D eigenvalue weighted by atomic mass is 10.3. The molecule has 6 heteroatoms. The van der Waals surface area contributed by atoms with Gasteiger partial charge in [-0.3, -0.25) is 0 Å². The maximum Gasteiger partial charge on any atom is 0.157 e. The third-order valence-corrected chi connectivity index (χ3v) is 1.83. The van der Waals surface area contributed by atoms with Gasteiger partial charge in [0.25, 0.3) is 0 Å². The molecule has 0 bridgehead atoms. The van der Waals surface area contributed by atoms with Crippen molar-refractivity contribution in [3.8, 4) is 5.75 Å². The van der Waals surface area contributed by atoms with E-state index in [1.54, 1.807) is 18.2 Å². The van der Waals surface area contributed by atoms with E-state index in [4.69, 9.17) is 39.5 Å². The molecule has 0 unspecified atom stereocenters. The number of halogens is 2. The van der Waals surface area contributed by atoms with Crippen molar-refractivity contribution < 1.29 is 4.74 Å². The number of nitrogens with two attached hydrogens (primary N) is 2. The largest absolute Gasteiger partial charge is 0.486 e. The van der Waals surface area contributed by atoms with Gasteiger partial charge in [0, 0.05) is 10.0 Å². The Morgan fingerprint density at radius 3 is 2.36 bits per heavy atom. The molecule has 0 aromatic heterocycles. The first-order valence-corrected chi connectivity index (χ1v) is 4.48. The first kappa shape index (κ1) is 10.9. The summed E-state index contributed by atoms with van der Waals surface area (Å²) in [5.74, 6) is 5.64. The summed E-state index contributed by atoms with van der Waals surface area (Å²) in [6, 6.07) is 4.85. The zero-order valence-corrected chi connectivity index (χ0v) is 8.72. The van der Waals surface area contributed by atoms with Gasteiger partial charge in [-0.2, -0.15) is 5.10 Å². The molecule has 1 rings (SSSR count). The monoisotopic (exact) mass is 233 g/mol. The van der Waals surface area contributed by atoms with Crippen LogP contribution in [-0.4, -0.2) is 12.4 Å².